The van der Waals surface area contributed by atoms with Gasteiger partial charge in [0.2, 0.25) is 5.91 Å². The third-order valence-electron chi connectivity index (χ3n) is 5.63. The summed E-state index contributed by atoms with van der Waals surface area (Å²) in [7, 11) is 1.54. The van der Waals surface area contributed by atoms with Gasteiger partial charge < -0.3 is 19.7 Å². The van der Waals surface area contributed by atoms with E-state index < -0.39 is 11.7 Å². The van der Waals surface area contributed by atoms with Crippen molar-refractivity contribution in [2.75, 3.05) is 38.1 Å². The SMILES string of the molecule is CNC(=O)Cn1cc(C(=O)N2CCN(c3ccc(C(F)(F)F)cn3)CC2)c2ccc(Cl)cc21. The fraction of sp³-hybridized carbons (Fsp3) is 0.318. The predicted molar refractivity (Wildman–Crippen MR) is 118 cm³/mol. The summed E-state index contributed by atoms with van der Waals surface area (Å²) in [6.07, 6.45) is -1.96. The van der Waals surface area contributed by atoms with Crippen molar-refractivity contribution in [2.24, 2.45) is 0 Å². The summed E-state index contributed by atoms with van der Waals surface area (Å²) in [4.78, 5) is 32.7. The van der Waals surface area contributed by atoms with Crippen LogP contribution in [0.5, 0.6) is 0 Å². The number of carbonyl (C=O) groups excluding carboxylic acids is 2. The summed E-state index contributed by atoms with van der Waals surface area (Å²) < 4.78 is 40.0. The Morgan fingerprint density at radius 1 is 1.12 bits per heavy atom. The van der Waals surface area contributed by atoms with E-state index in [1.54, 1.807) is 33.9 Å². The van der Waals surface area contributed by atoms with Crippen LogP contribution in [-0.2, 0) is 17.5 Å². The molecule has 3 aromatic rings. The largest absolute Gasteiger partial charge is 0.417 e. The Kier molecular flexibility index (Phi) is 6.20. The third kappa shape index (κ3) is 4.75. The van der Waals surface area contributed by atoms with Crippen LogP contribution in [0.4, 0.5) is 19.0 Å². The van der Waals surface area contributed by atoms with Crippen molar-refractivity contribution < 1.29 is 22.8 Å². The molecule has 174 valence electrons. The summed E-state index contributed by atoms with van der Waals surface area (Å²) in [5, 5.41) is 3.76. The first kappa shape index (κ1) is 22.9. The van der Waals surface area contributed by atoms with Crippen molar-refractivity contribution in [1.82, 2.24) is 19.8 Å². The first-order valence-electron chi connectivity index (χ1n) is 10.2. The molecule has 1 saturated heterocycles. The minimum atomic E-state index is -4.43. The third-order valence-corrected chi connectivity index (χ3v) is 5.87. The van der Waals surface area contributed by atoms with E-state index in [4.69, 9.17) is 11.6 Å². The molecule has 0 radical (unpaired) electrons. The monoisotopic (exact) mass is 479 g/mol. The first-order valence-corrected chi connectivity index (χ1v) is 10.6. The lowest BCUT2D eigenvalue weighted by Gasteiger charge is -2.35. The number of amides is 2. The zero-order chi connectivity index (χ0) is 23.8. The maximum absolute atomic E-state index is 13.3. The van der Waals surface area contributed by atoms with E-state index >= 15 is 0 Å². The Balaban J connectivity index is 1.50. The molecule has 0 saturated carbocycles. The van der Waals surface area contributed by atoms with Gasteiger partial charge in [0.15, 0.2) is 0 Å². The molecule has 1 fully saturated rings. The molecule has 0 aliphatic carbocycles. The van der Waals surface area contributed by atoms with E-state index in [9.17, 15) is 22.8 Å². The fourth-order valence-corrected chi connectivity index (χ4v) is 4.02. The zero-order valence-electron chi connectivity index (χ0n) is 17.7. The molecule has 4 rings (SSSR count). The molecule has 2 amide bonds. The smallest absolute Gasteiger partial charge is 0.358 e. The van der Waals surface area contributed by atoms with Gasteiger partial charge in [0.25, 0.3) is 5.91 Å². The zero-order valence-corrected chi connectivity index (χ0v) is 18.5. The number of fused-ring (bicyclic) bond motifs is 1. The molecular formula is C22H21ClF3N5O2. The molecule has 0 bridgehead atoms. The summed E-state index contributed by atoms with van der Waals surface area (Å²) in [5.74, 6) is 0.0495. The van der Waals surface area contributed by atoms with E-state index in [0.717, 1.165) is 12.3 Å². The highest BCUT2D eigenvalue weighted by Crippen LogP contribution is 2.30. The Hall–Kier alpha value is -3.27. The predicted octanol–water partition coefficient (Wildman–Crippen LogP) is 3.42. The average molecular weight is 480 g/mol. The van der Waals surface area contributed by atoms with Crippen LogP contribution in [0.25, 0.3) is 10.9 Å². The van der Waals surface area contributed by atoms with Gasteiger partial charge in [-0.3, -0.25) is 9.59 Å². The number of hydrogen-bond acceptors (Lipinski definition) is 4. The quantitative estimate of drug-likeness (QED) is 0.622. The number of aromatic nitrogens is 2. The van der Waals surface area contributed by atoms with Gasteiger partial charge in [-0.05, 0) is 24.3 Å². The average Bonchev–Trinajstić information content (AvgIpc) is 3.15. The van der Waals surface area contributed by atoms with Crippen molar-refractivity contribution in [3.05, 3.63) is 58.9 Å². The van der Waals surface area contributed by atoms with Gasteiger partial charge in [-0.25, -0.2) is 4.98 Å². The van der Waals surface area contributed by atoms with E-state index in [0.29, 0.717) is 53.5 Å². The number of hydrogen-bond donors (Lipinski definition) is 1. The van der Waals surface area contributed by atoms with Crippen molar-refractivity contribution in [1.29, 1.82) is 0 Å². The number of benzene rings is 1. The molecule has 0 unspecified atom stereocenters. The molecule has 11 heteroatoms. The summed E-state index contributed by atoms with van der Waals surface area (Å²) in [6.45, 7) is 1.70. The van der Waals surface area contributed by atoms with Crippen LogP contribution in [-0.4, -0.2) is 59.5 Å². The topological polar surface area (TPSA) is 70.5 Å². The molecule has 7 nitrogen and oxygen atoms in total. The van der Waals surface area contributed by atoms with Gasteiger partial charge in [-0.2, -0.15) is 13.2 Å². The standard InChI is InChI=1S/C22H21ClF3N5O2/c1-27-20(32)13-31-12-17(16-4-3-15(23)10-18(16)31)21(33)30-8-6-29(7-9-30)19-5-2-14(11-28-19)22(24,25)26/h2-5,10-12H,6-9,13H2,1H3,(H,27,32). The number of rotatable bonds is 4. The number of pyridine rings is 1. The van der Waals surface area contributed by atoms with Crippen LogP contribution >= 0.6 is 11.6 Å². The number of piperazine rings is 1. The second kappa shape index (κ2) is 8.93. The van der Waals surface area contributed by atoms with Crippen molar-refractivity contribution in [3.63, 3.8) is 0 Å². The molecule has 0 spiro atoms. The highest BCUT2D eigenvalue weighted by Gasteiger charge is 2.31. The highest BCUT2D eigenvalue weighted by molar-refractivity contribution is 6.31. The molecule has 2 aromatic heterocycles. The van der Waals surface area contributed by atoms with E-state index in [1.165, 1.54) is 13.1 Å². The Morgan fingerprint density at radius 2 is 1.85 bits per heavy atom. The fourth-order valence-electron chi connectivity index (χ4n) is 3.85. The highest BCUT2D eigenvalue weighted by atomic mass is 35.5. The number of nitrogens with zero attached hydrogens (tertiary/aromatic N) is 4. The first-order chi connectivity index (χ1) is 15.7. The second-order valence-corrected chi connectivity index (χ2v) is 8.12. The van der Waals surface area contributed by atoms with Gasteiger partial charge in [-0.15, -0.1) is 0 Å². The second-order valence-electron chi connectivity index (χ2n) is 7.69. The number of nitrogens with one attached hydrogen (secondary N) is 1. The lowest BCUT2D eigenvalue weighted by molar-refractivity contribution is -0.137. The van der Waals surface area contributed by atoms with Gasteiger partial charge in [0.1, 0.15) is 12.4 Å². The normalized spacial score (nSPS) is 14.6. The minimum Gasteiger partial charge on any atom is -0.358 e. The van der Waals surface area contributed by atoms with Crippen LogP contribution in [0.3, 0.4) is 0 Å². The van der Waals surface area contributed by atoms with E-state index in [-0.39, 0.29) is 18.4 Å². The van der Waals surface area contributed by atoms with Crippen molar-refractivity contribution in [2.45, 2.75) is 12.7 Å². The van der Waals surface area contributed by atoms with Crippen LogP contribution in [0, 0.1) is 0 Å². The van der Waals surface area contributed by atoms with Crippen LogP contribution in [0.15, 0.2) is 42.7 Å². The molecule has 1 N–H and O–H groups in total. The number of halogens is 4. The molecule has 3 heterocycles. The van der Waals surface area contributed by atoms with Crippen LogP contribution < -0.4 is 10.2 Å². The number of alkyl halides is 3. The Bertz CT molecular complexity index is 1190. The Labute approximate surface area is 192 Å². The molecule has 0 atom stereocenters. The minimum absolute atomic E-state index is 0.0496. The van der Waals surface area contributed by atoms with Crippen molar-refractivity contribution in [3.8, 4) is 0 Å². The molecule has 33 heavy (non-hydrogen) atoms. The number of anilines is 1. The van der Waals surface area contributed by atoms with E-state index in [2.05, 4.69) is 10.3 Å². The summed E-state index contributed by atoms with van der Waals surface area (Å²) in [5.41, 5.74) is 0.349. The molecule has 1 aliphatic rings. The van der Waals surface area contributed by atoms with Gasteiger partial charge >= 0.3 is 6.18 Å². The summed E-state index contributed by atoms with van der Waals surface area (Å²) in [6, 6.07) is 7.51. The maximum atomic E-state index is 13.3. The molecule has 1 aromatic carbocycles. The maximum Gasteiger partial charge on any atom is 0.417 e. The number of carbonyl (C=O) groups is 2. The molecule has 1 aliphatic heterocycles. The van der Waals surface area contributed by atoms with Gasteiger partial charge in [0, 0.05) is 56.0 Å². The number of likely N-dealkylation sites (N-methyl/N-ethyl adjacent to an activating group) is 1. The van der Waals surface area contributed by atoms with Gasteiger partial charge in [-0.1, -0.05) is 17.7 Å². The lowest BCUT2D eigenvalue weighted by atomic mass is 10.1. The van der Waals surface area contributed by atoms with Crippen LogP contribution in [0.2, 0.25) is 5.02 Å². The summed E-state index contributed by atoms with van der Waals surface area (Å²) >= 11 is 6.12. The Morgan fingerprint density at radius 3 is 2.45 bits per heavy atom. The van der Waals surface area contributed by atoms with E-state index in [1.807, 2.05) is 4.90 Å². The van der Waals surface area contributed by atoms with Crippen molar-refractivity contribution >= 4 is 40.1 Å². The molecular weight excluding hydrogens is 459 g/mol. The van der Waals surface area contributed by atoms with Gasteiger partial charge in [0.05, 0.1) is 16.6 Å². The lowest BCUT2D eigenvalue weighted by Crippen LogP contribution is -2.49. The van der Waals surface area contributed by atoms with Crippen LogP contribution in [0.1, 0.15) is 15.9 Å².